The number of imide groups is 1. The first-order chi connectivity index (χ1) is 12.1. The Morgan fingerprint density at radius 1 is 1.31 bits per heavy atom. The zero-order valence-corrected chi connectivity index (χ0v) is 17.3. The van der Waals surface area contributed by atoms with Gasteiger partial charge >= 0.3 is 17.2 Å². The van der Waals surface area contributed by atoms with Crippen LogP contribution in [0, 0.1) is 0 Å². The van der Waals surface area contributed by atoms with Gasteiger partial charge in [-0.05, 0) is 45.3 Å². The molecule has 0 fully saturated rings. The molecule has 1 aliphatic rings. The second-order valence-corrected chi connectivity index (χ2v) is 9.14. The van der Waals surface area contributed by atoms with Gasteiger partial charge < -0.3 is 10.1 Å². The number of alkyl carbamates (subject to hydrolysis) is 1. The fourth-order valence-electron chi connectivity index (χ4n) is 2.66. The Hall–Kier alpha value is -1.51. The standard InChI is InChI=1S/C18H24N2O4S2/c1-18(2,3)24-16(22)19-12(10-11-25-5)15(21)20(4)13-8-6-7-9-14(13)26-17(20)23/h6-9,12H,10-11H2,1-5H3/p+1/t12-,20?/m0/s1. The van der Waals surface area contributed by atoms with Crippen LogP contribution in [0.1, 0.15) is 27.2 Å². The number of rotatable bonds is 5. The van der Waals surface area contributed by atoms with Gasteiger partial charge in [0.05, 0.1) is 11.9 Å². The molecule has 0 saturated carbocycles. The molecule has 3 amide bonds. The molecule has 1 aromatic carbocycles. The lowest BCUT2D eigenvalue weighted by molar-refractivity contribution is -0.128. The number of carbonyl (C=O) groups excluding carboxylic acids is 3. The molecular weight excluding hydrogens is 372 g/mol. The molecule has 0 aromatic heterocycles. The van der Waals surface area contributed by atoms with E-state index in [0.717, 1.165) is 16.7 Å². The monoisotopic (exact) mass is 397 g/mol. The fraction of sp³-hybridized carbons (Fsp3) is 0.500. The molecule has 0 saturated heterocycles. The lowest BCUT2D eigenvalue weighted by Crippen LogP contribution is -2.60. The van der Waals surface area contributed by atoms with Crippen molar-refractivity contribution in [2.75, 3.05) is 19.1 Å². The summed E-state index contributed by atoms with van der Waals surface area (Å²) in [4.78, 5) is 38.9. The third-order valence-electron chi connectivity index (χ3n) is 3.95. The predicted molar refractivity (Wildman–Crippen MR) is 107 cm³/mol. The van der Waals surface area contributed by atoms with Crippen LogP contribution in [-0.2, 0) is 9.53 Å². The first-order valence-electron chi connectivity index (χ1n) is 8.31. The minimum absolute atomic E-state index is 0.267. The molecule has 0 bridgehead atoms. The van der Waals surface area contributed by atoms with Crippen LogP contribution in [0.15, 0.2) is 29.2 Å². The van der Waals surface area contributed by atoms with Crippen molar-refractivity contribution in [1.29, 1.82) is 0 Å². The molecule has 6 nitrogen and oxygen atoms in total. The van der Waals surface area contributed by atoms with E-state index in [9.17, 15) is 14.4 Å². The number of nitrogens with zero attached hydrogens (tertiary/aromatic N) is 1. The maximum absolute atomic E-state index is 13.3. The highest BCUT2D eigenvalue weighted by molar-refractivity contribution is 8.14. The number of likely N-dealkylation sites (N-methyl/N-ethyl adjacent to an activating group) is 1. The summed E-state index contributed by atoms with van der Waals surface area (Å²) in [5.41, 5.74) is -0.0191. The number of nitrogens with one attached hydrogen (secondary N) is 1. The number of quaternary nitrogens is 1. The fourth-order valence-corrected chi connectivity index (χ4v) is 4.19. The number of hydrogen-bond acceptors (Lipinski definition) is 6. The van der Waals surface area contributed by atoms with Gasteiger partial charge in [0.25, 0.3) is 0 Å². The average molecular weight is 398 g/mol. The average Bonchev–Trinajstić information content (AvgIpc) is 2.81. The molecule has 1 aliphatic heterocycles. The van der Waals surface area contributed by atoms with Gasteiger partial charge in [-0.2, -0.15) is 16.2 Å². The quantitative estimate of drug-likeness (QED) is 0.757. The van der Waals surface area contributed by atoms with Crippen molar-refractivity contribution >= 4 is 46.5 Å². The van der Waals surface area contributed by atoms with Crippen LogP contribution in [0.4, 0.5) is 15.3 Å². The third kappa shape index (κ3) is 4.42. The number of fused-ring (bicyclic) bond motifs is 1. The molecule has 8 heteroatoms. The van der Waals surface area contributed by atoms with Gasteiger partial charge in [-0.1, -0.05) is 12.1 Å². The Morgan fingerprint density at radius 3 is 2.58 bits per heavy atom. The van der Waals surface area contributed by atoms with Gasteiger partial charge in [-0.25, -0.2) is 14.4 Å². The highest BCUT2D eigenvalue weighted by Gasteiger charge is 2.53. The molecule has 2 rings (SSSR count). The Bertz CT molecular complexity index is 717. The first-order valence-corrected chi connectivity index (χ1v) is 10.5. The zero-order chi connectivity index (χ0) is 19.5. The topological polar surface area (TPSA) is 72.5 Å². The van der Waals surface area contributed by atoms with E-state index in [0.29, 0.717) is 17.9 Å². The number of carbonyl (C=O) groups is 3. The van der Waals surface area contributed by atoms with Crippen LogP contribution in [0.5, 0.6) is 0 Å². The van der Waals surface area contributed by atoms with E-state index >= 15 is 0 Å². The largest absolute Gasteiger partial charge is 0.444 e. The lowest BCUT2D eigenvalue weighted by Gasteiger charge is -2.28. The zero-order valence-electron chi connectivity index (χ0n) is 15.7. The molecule has 1 N–H and O–H groups in total. The number of thioether (sulfide) groups is 2. The maximum Gasteiger partial charge on any atom is 0.408 e. The summed E-state index contributed by atoms with van der Waals surface area (Å²) < 4.78 is 4.82. The molecule has 26 heavy (non-hydrogen) atoms. The SMILES string of the molecule is CSCC[C@H](NC(=O)OC(C)(C)C)C(=O)[N+]1(C)C(=O)Sc2ccccc21. The number of amides is 3. The van der Waals surface area contributed by atoms with E-state index in [1.54, 1.807) is 51.7 Å². The van der Waals surface area contributed by atoms with E-state index in [1.807, 2.05) is 18.4 Å². The normalized spacial score (nSPS) is 20.4. The molecule has 1 heterocycles. The summed E-state index contributed by atoms with van der Waals surface area (Å²) >= 11 is 2.63. The third-order valence-corrected chi connectivity index (χ3v) is 5.70. The Balaban J connectivity index is 2.28. The molecule has 0 spiro atoms. The molecule has 2 atom stereocenters. The van der Waals surface area contributed by atoms with Crippen LogP contribution in [0.25, 0.3) is 0 Å². The predicted octanol–water partition coefficient (Wildman–Crippen LogP) is 4.02. The maximum atomic E-state index is 13.3. The molecule has 142 valence electrons. The van der Waals surface area contributed by atoms with Crippen LogP contribution < -0.4 is 9.80 Å². The van der Waals surface area contributed by atoms with Crippen molar-refractivity contribution in [3.8, 4) is 0 Å². The molecule has 0 radical (unpaired) electrons. The first kappa shape index (κ1) is 20.8. The summed E-state index contributed by atoms with van der Waals surface area (Å²) in [5.74, 6) is 0.321. The molecule has 1 aromatic rings. The number of ether oxygens (including phenoxy) is 1. The van der Waals surface area contributed by atoms with Gasteiger partial charge in [0.1, 0.15) is 11.6 Å². The van der Waals surface area contributed by atoms with Gasteiger partial charge in [0.2, 0.25) is 0 Å². The van der Waals surface area contributed by atoms with Crippen LogP contribution >= 0.6 is 23.5 Å². The summed E-state index contributed by atoms with van der Waals surface area (Å²) in [6.07, 6.45) is 1.70. The lowest BCUT2D eigenvalue weighted by atomic mass is 10.1. The van der Waals surface area contributed by atoms with Crippen LogP contribution in [0.2, 0.25) is 0 Å². The summed E-state index contributed by atoms with van der Waals surface area (Å²) in [6.45, 7) is 5.28. The number of para-hydroxylation sites is 1. The van der Waals surface area contributed by atoms with Crippen molar-refractivity contribution in [3.63, 3.8) is 0 Å². The summed E-state index contributed by atoms with van der Waals surface area (Å²) in [7, 11) is 1.59. The van der Waals surface area contributed by atoms with Gasteiger partial charge in [-0.15, -0.1) is 0 Å². The van der Waals surface area contributed by atoms with Crippen molar-refractivity contribution in [1.82, 2.24) is 9.80 Å². The van der Waals surface area contributed by atoms with Crippen molar-refractivity contribution < 1.29 is 19.1 Å². The minimum Gasteiger partial charge on any atom is -0.444 e. The number of benzene rings is 1. The second-order valence-electron chi connectivity index (χ2n) is 7.16. The van der Waals surface area contributed by atoms with E-state index in [-0.39, 0.29) is 11.1 Å². The van der Waals surface area contributed by atoms with Crippen LogP contribution in [-0.4, -0.2) is 47.9 Å². The smallest absolute Gasteiger partial charge is 0.408 e. The van der Waals surface area contributed by atoms with E-state index in [4.69, 9.17) is 4.74 Å². The van der Waals surface area contributed by atoms with Crippen molar-refractivity contribution in [3.05, 3.63) is 24.3 Å². The van der Waals surface area contributed by atoms with Gasteiger partial charge in [0.15, 0.2) is 5.69 Å². The molecule has 0 aliphatic carbocycles. The van der Waals surface area contributed by atoms with E-state index in [2.05, 4.69) is 5.32 Å². The van der Waals surface area contributed by atoms with E-state index < -0.39 is 22.2 Å². The molecule has 1 unspecified atom stereocenters. The Morgan fingerprint density at radius 2 is 1.96 bits per heavy atom. The van der Waals surface area contributed by atoms with Crippen molar-refractivity contribution in [2.24, 2.45) is 0 Å². The van der Waals surface area contributed by atoms with E-state index in [1.165, 1.54) is 0 Å². The van der Waals surface area contributed by atoms with Crippen LogP contribution in [0.3, 0.4) is 0 Å². The van der Waals surface area contributed by atoms with Crippen molar-refractivity contribution in [2.45, 2.75) is 43.7 Å². The highest BCUT2D eigenvalue weighted by Crippen LogP contribution is 2.44. The number of hydrogen-bond donors (Lipinski definition) is 1. The van der Waals surface area contributed by atoms with Gasteiger partial charge in [-0.3, -0.25) is 0 Å². The second kappa shape index (κ2) is 8.02. The summed E-state index contributed by atoms with van der Waals surface area (Å²) in [6, 6.07) is 6.44. The van der Waals surface area contributed by atoms with Gasteiger partial charge in [0, 0.05) is 17.8 Å². The highest BCUT2D eigenvalue weighted by atomic mass is 32.2. The Kier molecular flexibility index (Phi) is 6.42. The molecular formula is C18H25N2O4S2+. The minimum atomic E-state index is -0.807. The summed E-state index contributed by atoms with van der Waals surface area (Å²) in [5, 5.41) is 2.39. The Labute approximate surface area is 162 Å².